The van der Waals surface area contributed by atoms with Gasteiger partial charge in [-0.1, -0.05) is 13.8 Å². The van der Waals surface area contributed by atoms with Crippen LogP contribution in [0.2, 0.25) is 0 Å². The summed E-state index contributed by atoms with van der Waals surface area (Å²) in [5.41, 5.74) is 1.29. The van der Waals surface area contributed by atoms with Crippen LogP contribution < -0.4 is 10.2 Å². The van der Waals surface area contributed by atoms with E-state index in [-0.39, 0.29) is 0 Å². The Hall–Kier alpha value is -0.650. The molecule has 0 saturated heterocycles. The van der Waals surface area contributed by atoms with Gasteiger partial charge in [0.25, 0.3) is 0 Å². The number of nitrogens with zero attached hydrogens (tertiary/aromatic N) is 2. The van der Waals surface area contributed by atoms with Crippen LogP contribution in [0.5, 0.6) is 0 Å². The highest BCUT2D eigenvalue weighted by molar-refractivity contribution is 7.15. The predicted molar refractivity (Wildman–Crippen MR) is 90.4 cm³/mol. The summed E-state index contributed by atoms with van der Waals surface area (Å²) in [6.45, 7) is 10.4. The third kappa shape index (κ3) is 4.41. The standard InChI is InChI=1S/C16H29N3OS/c1-5-12(3)15-14(11-17-9-10-20-4)21-16(18-15)19(6-2)13-7-8-13/h12-13,17H,5-11H2,1-4H3. The minimum Gasteiger partial charge on any atom is -0.383 e. The fourth-order valence-corrected chi connectivity index (χ4v) is 3.78. The summed E-state index contributed by atoms with van der Waals surface area (Å²) >= 11 is 1.87. The minimum atomic E-state index is 0.534. The molecule has 1 aromatic rings. The van der Waals surface area contributed by atoms with E-state index >= 15 is 0 Å². The third-order valence-corrected chi connectivity index (χ3v) is 5.25. The zero-order chi connectivity index (χ0) is 15.2. The molecule has 120 valence electrons. The maximum Gasteiger partial charge on any atom is 0.186 e. The van der Waals surface area contributed by atoms with E-state index in [9.17, 15) is 0 Å². The summed E-state index contributed by atoms with van der Waals surface area (Å²) in [4.78, 5) is 8.86. The van der Waals surface area contributed by atoms with Crippen molar-refractivity contribution in [3.05, 3.63) is 10.6 Å². The highest BCUT2D eigenvalue weighted by Gasteiger charge is 2.31. The van der Waals surface area contributed by atoms with Gasteiger partial charge in [-0.3, -0.25) is 0 Å². The summed E-state index contributed by atoms with van der Waals surface area (Å²) < 4.78 is 5.10. The molecule has 1 aliphatic rings. The summed E-state index contributed by atoms with van der Waals surface area (Å²) in [5, 5.41) is 4.69. The molecule has 0 radical (unpaired) electrons. The summed E-state index contributed by atoms with van der Waals surface area (Å²) in [7, 11) is 1.74. The van der Waals surface area contributed by atoms with Gasteiger partial charge < -0.3 is 15.0 Å². The second-order valence-corrected chi connectivity index (χ2v) is 6.86. The molecule has 1 N–H and O–H groups in total. The van der Waals surface area contributed by atoms with E-state index in [1.54, 1.807) is 7.11 Å². The van der Waals surface area contributed by atoms with E-state index in [0.717, 1.165) is 38.7 Å². The molecule has 1 saturated carbocycles. The Labute approximate surface area is 132 Å². The fourth-order valence-electron chi connectivity index (χ4n) is 2.49. The van der Waals surface area contributed by atoms with Crippen LogP contribution in [0, 0.1) is 0 Å². The molecule has 0 aromatic carbocycles. The maximum atomic E-state index is 5.10. The SMILES string of the molecule is CCC(C)c1nc(N(CC)C2CC2)sc1CNCCOC. The molecule has 21 heavy (non-hydrogen) atoms. The van der Waals surface area contributed by atoms with Crippen molar-refractivity contribution in [1.82, 2.24) is 10.3 Å². The molecule has 4 nitrogen and oxygen atoms in total. The van der Waals surface area contributed by atoms with Crippen molar-refractivity contribution < 1.29 is 4.74 Å². The number of aromatic nitrogens is 1. The molecule has 1 unspecified atom stereocenters. The normalized spacial score (nSPS) is 16.2. The number of rotatable bonds is 10. The quantitative estimate of drug-likeness (QED) is 0.672. The molecule has 1 heterocycles. The van der Waals surface area contributed by atoms with Crippen LogP contribution in [0.1, 0.15) is 56.5 Å². The van der Waals surface area contributed by atoms with E-state index in [2.05, 4.69) is 31.0 Å². The lowest BCUT2D eigenvalue weighted by Crippen LogP contribution is -2.24. The molecule has 1 aliphatic carbocycles. The van der Waals surface area contributed by atoms with Gasteiger partial charge in [0.1, 0.15) is 0 Å². The molecule has 1 aromatic heterocycles. The number of anilines is 1. The molecule has 2 rings (SSSR count). The largest absolute Gasteiger partial charge is 0.383 e. The van der Waals surface area contributed by atoms with Crippen LogP contribution >= 0.6 is 11.3 Å². The monoisotopic (exact) mass is 311 g/mol. The van der Waals surface area contributed by atoms with Gasteiger partial charge in [-0.05, 0) is 32.1 Å². The van der Waals surface area contributed by atoms with E-state index in [1.165, 1.54) is 28.5 Å². The fraction of sp³-hybridized carbons (Fsp3) is 0.812. The molecule has 0 aliphatic heterocycles. The highest BCUT2D eigenvalue weighted by Crippen LogP contribution is 2.37. The number of methoxy groups -OCH3 is 1. The van der Waals surface area contributed by atoms with E-state index < -0.39 is 0 Å². The number of thiazole rings is 1. The molecular weight excluding hydrogens is 282 g/mol. The molecule has 0 amide bonds. The van der Waals surface area contributed by atoms with Gasteiger partial charge in [0.05, 0.1) is 12.3 Å². The number of ether oxygens (including phenoxy) is 1. The first-order valence-corrected chi connectivity index (χ1v) is 8.98. The smallest absolute Gasteiger partial charge is 0.186 e. The Morgan fingerprint density at radius 3 is 2.76 bits per heavy atom. The first-order valence-electron chi connectivity index (χ1n) is 8.17. The molecular formula is C16H29N3OS. The van der Waals surface area contributed by atoms with Gasteiger partial charge >= 0.3 is 0 Å². The van der Waals surface area contributed by atoms with Gasteiger partial charge in [0.2, 0.25) is 0 Å². The average molecular weight is 311 g/mol. The molecule has 1 atom stereocenters. The van der Waals surface area contributed by atoms with Crippen molar-refractivity contribution >= 4 is 16.5 Å². The van der Waals surface area contributed by atoms with Gasteiger partial charge in [-0.2, -0.15) is 0 Å². The first-order chi connectivity index (χ1) is 10.2. The van der Waals surface area contributed by atoms with Crippen molar-refractivity contribution in [3.8, 4) is 0 Å². The van der Waals surface area contributed by atoms with E-state index in [4.69, 9.17) is 9.72 Å². The Balaban J connectivity index is 2.10. The molecule has 5 heteroatoms. The third-order valence-electron chi connectivity index (χ3n) is 4.14. The Bertz CT molecular complexity index is 431. The second-order valence-electron chi connectivity index (χ2n) is 5.80. The number of nitrogens with one attached hydrogen (secondary N) is 1. The van der Waals surface area contributed by atoms with Crippen LogP contribution in [0.4, 0.5) is 5.13 Å². The van der Waals surface area contributed by atoms with Crippen LogP contribution in [0.15, 0.2) is 0 Å². The summed E-state index contributed by atoms with van der Waals surface area (Å²) in [6, 6.07) is 0.736. The van der Waals surface area contributed by atoms with Crippen molar-refractivity contribution in [1.29, 1.82) is 0 Å². The highest BCUT2D eigenvalue weighted by atomic mass is 32.1. The molecule has 1 fully saturated rings. The van der Waals surface area contributed by atoms with Crippen LogP contribution in [0.25, 0.3) is 0 Å². The lowest BCUT2D eigenvalue weighted by Gasteiger charge is -2.18. The Kier molecular flexibility index (Phi) is 6.45. The predicted octanol–water partition coefficient (Wildman–Crippen LogP) is 3.38. The Morgan fingerprint density at radius 2 is 2.19 bits per heavy atom. The lowest BCUT2D eigenvalue weighted by molar-refractivity contribution is 0.199. The Morgan fingerprint density at radius 1 is 1.43 bits per heavy atom. The van der Waals surface area contributed by atoms with Crippen LogP contribution in [0.3, 0.4) is 0 Å². The minimum absolute atomic E-state index is 0.534. The maximum absolute atomic E-state index is 5.10. The van der Waals surface area contributed by atoms with Crippen molar-refractivity contribution in [2.75, 3.05) is 31.7 Å². The molecule has 0 spiro atoms. The van der Waals surface area contributed by atoms with Crippen LogP contribution in [-0.4, -0.2) is 37.8 Å². The van der Waals surface area contributed by atoms with Gasteiger partial charge in [-0.25, -0.2) is 4.98 Å². The van der Waals surface area contributed by atoms with Crippen molar-refractivity contribution in [2.24, 2.45) is 0 Å². The van der Waals surface area contributed by atoms with E-state index in [1.807, 2.05) is 11.3 Å². The van der Waals surface area contributed by atoms with Gasteiger partial charge in [0.15, 0.2) is 5.13 Å². The topological polar surface area (TPSA) is 37.4 Å². The second kappa shape index (κ2) is 8.11. The van der Waals surface area contributed by atoms with Crippen molar-refractivity contribution in [2.45, 2.75) is 58.5 Å². The zero-order valence-corrected chi connectivity index (χ0v) is 14.6. The lowest BCUT2D eigenvalue weighted by atomic mass is 10.0. The number of hydrogen-bond acceptors (Lipinski definition) is 5. The van der Waals surface area contributed by atoms with Gasteiger partial charge in [-0.15, -0.1) is 11.3 Å². The summed E-state index contributed by atoms with van der Waals surface area (Å²) in [5.74, 6) is 0.534. The zero-order valence-electron chi connectivity index (χ0n) is 13.8. The average Bonchev–Trinajstić information content (AvgIpc) is 3.24. The molecule has 0 bridgehead atoms. The van der Waals surface area contributed by atoms with Crippen LogP contribution in [-0.2, 0) is 11.3 Å². The summed E-state index contributed by atoms with van der Waals surface area (Å²) in [6.07, 6.45) is 3.80. The first kappa shape index (κ1) is 16.7. The number of hydrogen-bond donors (Lipinski definition) is 1. The van der Waals surface area contributed by atoms with Gasteiger partial charge in [0, 0.05) is 37.7 Å². The van der Waals surface area contributed by atoms with E-state index in [0.29, 0.717) is 5.92 Å². The van der Waals surface area contributed by atoms with Crippen molar-refractivity contribution in [3.63, 3.8) is 0 Å².